The van der Waals surface area contributed by atoms with Gasteiger partial charge in [-0.25, -0.2) is 4.68 Å². The van der Waals surface area contributed by atoms with Crippen LogP contribution in [0.3, 0.4) is 0 Å². The lowest BCUT2D eigenvalue weighted by Gasteiger charge is -2.26. The van der Waals surface area contributed by atoms with Crippen molar-refractivity contribution in [2.75, 3.05) is 26.6 Å². The smallest absolute Gasteiger partial charge is 0.267 e. The van der Waals surface area contributed by atoms with Crippen LogP contribution in [0.5, 0.6) is 0 Å². The lowest BCUT2D eigenvalue weighted by molar-refractivity contribution is -0.229. The van der Waals surface area contributed by atoms with Crippen molar-refractivity contribution in [3.63, 3.8) is 0 Å². The maximum atomic E-state index is 11.9. The van der Waals surface area contributed by atoms with Crippen molar-refractivity contribution in [1.82, 2.24) is 19.7 Å². The Bertz CT molecular complexity index is 867. The number of methoxy groups -OCH3 is 1. The lowest BCUT2D eigenvalue weighted by Crippen LogP contribution is -2.29. The van der Waals surface area contributed by atoms with Gasteiger partial charge in [-0.05, 0) is 0 Å². The molecule has 2 aromatic heterocycles. The van der Waals surface area contributed by atoms with Crippen molar-refractivity contribution >= 4 is 24.8 Å². The number of nitrogen functional groups attached to an aromatic ring is 1. The van der Waals surface area contributed by atoms with Gasteiger partial charge in [-0.2, -0.15) is 10.1 Å². The summed E-state index contributed by atoms with van der Waals surface area (Å²) in [4.78, 5) is 29.9. The van der Waals surface area contributed by atoms with Crippen molar-refractivity contribution in [2.24, 2.45) is 0 Å². The Morgan fingerprint density at radius 2 is 2.32 bits per heavy atom. The zero-order valence-corrected chi connectivity index (χ0v) is 14.3. The fourth-order valence-electron chi connectivity index (χ4n) is 2.65. The number of ether oxygens (including phenoxy) is 2. The highest BCUT2D eigenvalue weighted by Gasteiger charge is 2.40. The predicted octanol–water partition coefficient (Wildman–Crippen LogP) is -0.864. The van der Waals surface area contributed by atoms with Gasteiger partial charge in [0.15, 0.2) is 11.9 Å². The molecule has 0 bridgehead atoms. The molecule has 0 spiro atoms. The molecule has 0 amide bonds. The molecule has 0 aromatic carbocycles. The quantitative estimate of drug-likeness (QED) is 0.607. The number of aromatic nitrogens is 4. The third kappa shape index (κ3) is 3.59. The molecule has 138 valence electrons. The first kappa shape index (κ1) is 18.0. The Morgan fingerprint density at radius 1 is 1.56 bits per heavy atom. The first-order valence-electron chi connectivity index (χ1n) is 7.27. The van der Waals surface area contributed by atoms with Gasteiger partial charge >= 0.3 is 0 Å². The molecule has 1 unspecified atom stereocenters. The van der Waals surface area contributed by atoms with Crippen LogP contribution in [-0.2, 0) is 23.1 Å². The standard InChI is InChI=1S/C12H18N5O7P/c1-21-5-8-7(24-25(19,20)22-2)3-9(23-8)17-10-6(4-14-17)11(18)16-12(13)15-10/h4,7-9H,3,5H2,1-2H3,(H,19,20)(H3,13,15,16,18)/p-1/t7-,8-,9-/m1/s1. The number of phosphoric acid groups is 1. The van der Waals surface area contributed by atoms with Crippen LogP contribution in [0.2, 0.25) is 0 Å². The molecule has 1 saturated heterocycles. The second-order valence-electron chi connectivity index (χ2n) is 5.37. The molecule has 4 atom stereocenters. The van der Waals surface area contributed by atoms with Gasteiger partial charge in [-0.1, -0.05) is 0 Å². The van der Waals surface area contributed by atoms with E-state index in [1.807, 2.05) is 0 Å². The topological polar surface area (TPSA) is 167 Å². The van der Waals surface area contributed by atoms with E-state index < -0.39 is 31.8 Å². The molecule has 2 aromatic rings. The van der Waals surface area contributed by atoms with Gasteiger partial charge in [-0.3, -0.25) is 14.3 Å². The van der Waals surface area contributed by atoms with Gasteiger partial charge in [0.25, 0.3) is 13.4 Å². The molecule has 25 heavy (non-hydrogen) atoms. The van der Waals surface area contributed by atoms with E-state index >= 15 is 0 Å². The maximum absolute atomic E-state index is 11.9. The van der Waals surface area contributed by atoms with E-state index in [0.29, 0.717) is 0 Å². The van der Waals surface area contributed by atoms with Gasteiger partial charge in [-0.15, -0.1) is 0 Å². The Balaban J connectivity index is 1.91. The molecule has 1 aliphatic heterocycles. The van der Waals surface area contributed by atoms with Crippen LogP contribution < -0.4 is 16.2 Å². The average molecular weight is 374 g/mol. The number of anilines is 1. The number of phosphoric ester groups is 1. The van der Waals surface area contributed by atoms with Crippen molar-refractivity contribution < 1.29 is 28.0 Å². The number of fused-ring (bicyclic) bond motifs is 1. The van der Waals surface area contributed by atoms with Crippen LogP contribution >= 0.6 is 7.82 Å². The number of nitrogens with one attached hydrogen (secondary N) is 1. The molecule has 12 nitrogen and oxygen atoms in total. The summed E-state index contributed by atoms with van der Waals surface area (Å²) in [6.07, 6.45) is -0.766. The monoisotopic (exact) mass is 374 g/mol. The Hall–Kier alpha value is -1.82. The summed E-state index contributed by atoms with van der Waals surface area (Å²) in [5, 5.41) is 4.34. The number of nitrogens with zero attached hydrogens (tertiary/aromatic N) is 3. The summed E-state index contributed by atoms with van der Waals surface area (Å²) in [6.45, 7) is 0.0975. The summed E-state index contributed by atoms with van der Waals surface area (Å²) >= 11 is 0. The third-order valence-corrected chi connectivity index (χ3v) is 4.73. The van der Waals surface area contributed by atoms with Crippen molar-refractivity contribution in [3.05, 3.63) is 16.6 Å². The van der Waals surface area contributed by atoms with Gasteiger partial charge in [0.2, 0.25) is 5.95 Å². The molecule has 0 radical (unpaired) electrons. The van der Waals surface area contributed by atoms with Gasteiger partial charge in [0, 0.05) is 20.6 Å². The molecule has 3 N–H and O–H groups in total. The number of hydrogen-bond donors (Lipinski definition) is 2. The number of hydrogen-bond acceptors (Lipinski definition) is 10. The molecular weight excluding hydrogens is 357 g/mol. The first-order valence-corrected chi connectivity index (χ1v) is 8.73. The van der Waals surface area contributed by atoms with Crippen LogP contribution in [0.4, 0.5) is 5.95 Å². The van der Waals surface area contributed by atoms with E-state index in [1.54, 1.807) is 0 Å². The predicted molar refractivity (Wildman–Crippen MR) is 82.5 cm³/mol. The normalized spacial score (nSPS) is 26.1. The second kappa shape index (κ2) is 6.83. The van der Waals surface area contributed by atoms with Crippen LogP contribution in [0.15, 0.2) is 11.0 Å². The van der Waals surface area contributed by atoms with Gasteiger partial charge < -0.3 is 29.1 Å². The fraction of sp³-hybridized carbons (Fsp3) is 0.583. The maximum Gasteiger partial charge on any atom is 0.267 e. The highest BCUT2D eigenvalue weighted by atomic mass is 31.2. The summed E-state index contributed by atoms with van der Waals surface area (Å²) in [6, 6.07) is 0. The molecule has 1 aliphatic rings. The third-order valence-electron chi connectivity index (χ3n) is 3.75. The van der Waals surface area contributed by atoms with Gasteiger partial charge in [0.05, 0.1) is 18.9 Å². The molecule has 3 heterocycles. The SMILES string of the molecule is COC[C@H]1O[C@@H](n2ncc3c(=O)[nH]c(N)nc32)C[C@H]1OP(=O)([O-])OC. The summed E-state index contributed by atoms with van der Waals surface area (Å²) < 4.78 is 33.1. The van der Waals surface area contributed by atoms with Crippen molar-refractivity contribution in [2.45, 2.75) is 24.9 Å². The molecule has 3 rings (SSSR count). The molecular formula is C12H17N5O7P-. The molecule has 0 saturated carbocycles. The number of nitrogens with two attached hydrogens (primary N) is 1. The molecule has 1 fully saturated rings. The average Bonchev–Trinajstić information content (AvgIpc) is 3.12. The van der Waals surface area contributed by atoms with E-state index in [-0.39, 0.29) is 30.0 Å². The summed E-state index contributed by atoms with van der Waals surface area (Å²) in [5.74, 6) is -0.0677. The van der Waals surface area contributed by atoms with Crippen molar-refractivity contribution in [3.8, 4) is 0 Å². The minimum absolute atomic E-state index is 0.0677. The second-order valence-corrected chi connectivity index (χ2v) is 6.84. The summed E-state index contributed by atoms with van der Waals surface area (Å²) in [5.41, 5.74) is 5.36. The zero-order valence-electron chi connectivity index (χ0n) is 13.4. The minimum atomic E-state index is -4.46. The van der Waals surface area contributed by atoms with E-state index in [4.69, 9.17) is 19.7 Å². The highest BCUT2D eigenvalue weighted by Crippen LogP contribution is 2.44. The van der Waals surface area contributed by atoms with Crippen LogP contribution in [0.25, 0.3) is 11.0 Å². The van der Waals surface area contributed by atoms with Gasteiger partial charge in [0.1, 0.15) is 11.5 Å². The lowest BCUT2D eigenvalue weighted by atomic mass is 10.2. The Kier molecular flexibility index (Phi) is 4.91. The van der Waals surface area contributed by atoms with Crippen LogP contribution in [0.1, 0.15) is 12.6 Å². The number of H-pyrrole nitrogens is 1. The first-order chi connectivity index (χ1) is 11.8. The number of rotatable bonds is 6. The van der Waals surface area contributed by atoms with Crippen molar-refractivity contribution in [1.29, 1.82) is 0 Å². The Labute approximate surface area is 141 Å². The van der Waals surface area contributed by atoms with Crippen LogP contribution in [-0.4, -0.2) is 52.8 Å². The van der Waals surface area contributed by atoms with E-state index in [2.05, 4.69) is 19.6 Å². The zero-order chi connectivity index (χ0) is 18.2. The van der Waals surface area contributed by atoms with Crippen LogP contribution in [0, 0.1) is 0 Å². The fourth-order valence-corrected chi connectivity index (χ4v) is 3.29. The van der Waals surface area contributed by atoms with E-state index in [9.17, 15) is 14.3 Å². The number of aromatic amines is 1. The van der Waals surface area contributed by atoms with E-state index in [0.717, 1.165) is 7.11 Å². The molecule has 0 aliphatic carbocycles. The Morgan fingerprint density at radius 3 is 3.00 bits per heavy atom. The highest BCUT2D eigenvalue weighted by molar-refractivity contribution is 7.45. The molecule has 13 heteroatoms. The minimum Gasteiger partial charge on any atom is -0.756 e. The largest absolute Gasteiger partial charge is 0.756 e. The van der Waals surface area contributed by atoms with E-state index in [1.165, 1.54) is 18.0 Å². The summed E-state index contributed by atoms with van der Waals surface area (Å²) in [7, 11) is -2.00.